The molecule has 0 bridgehead atoms. The largest absolute Gasteiger partial charge is 0.489 e. The SMILES string of the molecule is CN1c2cc(C(F)(F)F)c3c(c2NC1(C)C)OCCn1cc(C(=O)c2cc(F)c(F)c(F)c2)c2cccc-3c21. The number of carbonyl (C=O) groups excluding carboxylic acids is 1. The number of nitrogens with zero attached hydrogens (tertiary/aromatic N) is 2. The van der Waals surface area contributed by atoms with Gasteiger partial charge in [0.25, 0.3) is 0 Å². The van der Waals surface area contributed by atoms with Crippen LogP contribution in [0, 0.1) is 17.5 Å². The van der Waals surface area contributed by atoms with Gasteiger partial charge < -0.3 is 19.5 Å². The summed E-state index contributed by atoms with van der Waals surface area (Å²) in [6.45, 7) is 3.83. The second-order valence-electron chi connectivity index (χ2n) is 10.1. The van der Waals surface area contributed by atoms with Crippen molar-refractivity contribution in [3.8, 4) is 16.9 Å². The zero-order valence-corrected chi connectivity index (χ0v) is 20.9. The van der Waals surface area contributed by atoms with Crippen molar-refractivity contribution in [1.29, 1.82) is 0 Å². The Balaban J connectivity index is 1.64. The van der Waals surface area contributed by atoms with Crippen LogP contribution in [-0.4, -0.2) is 29.7 Å². The first-order chi connectivity index (χ1) is 18.3. The van der Waals surface area contributed by atoms with Crippen LogP contribution in [0.25, 0.3) is 22.0 Å². The van der Waals surface area contributed by atoms with Crippen LogP contribution in [0.15, 0.2) is 42.6 Å². The number of para-hydroxylation sites is 1. The second kappa shape index (κ2) is 8.17. The average Bonchev–Trinajstić information content (AvgIpc) is 3.33. The van der Waals surface area contributed by atoms with Gasteiger partial charge >= 0.3 is 6.18 Å². The summed E-state index contributed by atoms with van der Waals surface area (Å²) in [5.41, 5.74) is -0.895. The van der Waals surface area contributed by atoms with Crippen LogP contribution in [0.1, 0.15) is 35.3 Å². The van der Waals surface area contributed by atoms with Gasteiger partial charge in [-0.15, -0.1) is 0 Å². The van der Waals surface area contributed by atoms with Gasteiger partial charge in [-0.3, -0.25) is 4.79 Å². The van der Waals surface area contributed by atoms with E-state index >= 15 is 0 Å². The van der Waals surface area contributed by atoms with Crippen molar-refractivity contribution in [3.63, 3.8) is 0 Å². The van der Waals surface area contributed by atoms with Gasteiger partial charge in [0.05, 0.1) is 23.3 Å². The molecule has 202 valence electrons. The number of hydrogen-bond donors (Lipinski definition) is 1. The van der Waals surface area contributed by atoms with E-state index in [1.165, 1.54) is 18.3 Å². The summed E-state index contributed by atoms with van der Waals surface area (Å²) in [5, 5.41) is 3.55. The molecular weight excluding hydrogens is 524 g/mol. The third kappa shape index (κ3) is 3.66. The van der Waals surface area contributed by atoms with Crippen LogP contribution >= 0.6 is 0 Å². The molecule has 0 unspecified atom stereocenters. The minimum Gasteiger partial charge on any atom is -0.489 e. The number of halogens is 6. The van der Waals surface area contributed by atoms with Gasteiger partial charge in [0.1, 0.15) is 18.0 Å². The van der Waals surface area contributed by atoms with Crippen LogP contribution in [0.2, 0.25) is 0 Å². The van der Waals surface area contributed by atoms with Gasteiger partial charge in [0, 0.05) is 40.9 Å². The van der Waals surface area contributed by atoms with Crippen LogP contribution < -0.4 is 15.0 Å². The molecule has 0 saturated heterocycles. The third-order valence-electron chi connectivity index (χ3n) is 7.43. The van der Waals surface area contributed by atoms with E-state index in [-0.39, 0.29) is 41.0 Å². The van der Waals surface area contributed by atoms with E-state index in [4.69, 9.17) is 4.74 Å². The minimum absolute atomic E-state index is 0.00872. The Labute approximate surface area is 218 Å². The van der Waals surface area contributed by atoms with Crippen LogP contribution in [-0.2, 0) is 12.7 Å². The van der Waals surface area contributed by atoms with Crippen molar-refractivity contribution in [2.45, 2.75) is 32.2 Å². The number of anilines is 2. The fourth-order valence-corrected chi connectivity index (χ4v) is 5.36. The number of benzene rings is 3. The fraction of sp³-hybridized carbons (Fsp3) is 0.250. The number of alkyl halides is 3. The molecule has 0 atom stereocenters. The van der Waals surface area contributed by atoms with Gasteiger partial charge in [-0.25, -0.2) is 13.2 Å². The predicted octanol–water partition coefficient (Wildman–Crippen LogP) is 6.97. The zero-order chi connectivity index (χ0) is 28.0. The Morgan fingerprint density at radius 2 is 1.77 bits per heavy atom. The van der Waals surface area contributed by atoms with E-state index < -0.39 is 46.2 Å². The Morgan fingerprint density at radius 1 is 1.08 bits per heavy atom. The third-order valence-corrected chi connectivity index (χ3v) is 7.43. The molecule has 2 aliphatic heterocycles. The molecule has 6 rings (SSSR count). The van der Waals surface area contributed by atoms with E-state index in [1.807, 2.05) is 13.8 Å². The maximum Gasteiger partial charge on any atom is 0.417 e. The molecule has 0 saturated carbocycles. The Hall–Kier alpha value is -4.15. The summed E-state index contributed by atoms with van der Waals surface area (Å²) < 4.78 is 92.6. The summed E-state index contributed by atoms with van der Waals surface area (Å²) in [7, 11) is 1.69. The highest BCUT2D eigenvalue weighted by molar-refractivity contribution is 6.18. The van der Waals surface area contributed by atoms with E-state index in [0.717, 1.165) is 6.07 Å². The molecule has 1 aromatic heterocycles. The van der Waals surface area contributed by atoms with Gasteiger partial charge in [-0.2, -0.15) is 13.2 Å². The Kier molecular flexibility index (Phi) is 5.27. The van der Waals surface area contributed by atoms with E-state index in [9.17, 15) is 31.1 Å². The summed E-state index contributed by atoms with van der Waals surface area (Å²) in [5.74, 6) is -5.50. The molecule has 1 N–H and O–H groups in total. The molecule has 0 fully saturated rings. The zero-order valence-electron chi connectivity index (χ0n) is 20.9. The smallest absolute Gasteiger partial charge is 0.417 e. The lowest BCUT2D eigenvalue weighted by Gasteiger charge is -2.29. The van der Waals surface area contributed by atoms with Crippen LogP contribution in [0.5, 0.6) is 5.75 Å². The van der Waals surface area contributed by atoms with Crippen molar-refractivity contribution < 1.29 is 35.9 Å². The molecule has 3 heterocycles. The van der Waals surface area contributed by atoms with Crippen molar-refractivity contribution in [3.05, 3.63) is 76.7 Å². The monoisotopic (exact) mass is 545 g/mol. The first kappa shape index (κ1) is 25.1. The number of fused-ring (bicyclic) bond motifs is 4. The number of ketones is 1. The summed E-state index contributed by atoms with van der Waals surface area (Å²) in [4.78, 5) is 15.1. The molecule has 5 nitrogen and oxygen atoms in total. The molecule has 2 aliphatic rings. The highest BCUT2D eigenvalue weighted by Gasteiger charge is 2.43. The highest BCUT2D eigenvalue weighted by atomic mass is 19.4. The summed E-state index contributed by atoms with van der Waals surface area (Å²) in [6, 6.07) is 6.86. The Bertz CT molecular complexity index is 1680. The van der Waals surface area contributed by atoms with Crippen molar-refractivity contribution in [2.75, 3.05) is 23.9 Å². The lowest BCUT2D eigenvalue weighted by atomic mass is 9.93. The number of hydrogen-bond acceptors (Lipinski definition) is 4. The number of rotatable bonds is 2. The molecule has 0 aliphatic carbocycles. The van der Waals surface area contributed by atoms with Crippen LogP contribution in [0.3, 0.4) is 0 Å². The number of ether oxygens (including phenoxy) is 1. The second-order valence-corrected chi connectivity index (χ2v) is 10.1. The standard InChI is InChI=1S/C28H21F6N3O2/c1-27(2)35-23-20(36(27)3)11-17(28(32,33)34)21-15-6-4-5-14-16(12-37(24(14)15)7-8-39-26(21)23)25(38)13-9-18(29)22(31)19(30)10-13/h4-6,9-12,35H,7-8H2,1-3H3. The molecule has 0 spiro atoms. The van der Waals surface area contributed by atoms with Gasteiger partial charge in [0.2, 0.25) is 0 Å². The average molecular weight is 545 g/mol. The van der Waals surface area contributed by atoms with Crippen molar-refractivity contribution in [1.82, 2.24) is 4.57 Å². The molecule has 0 amide bonds. The molecule has 3 aromatic carbocycles. The molecular formula is C28H21F6N3O2. The van der Waals surface area contributed by atoms with Crippen LogP contribution in [0.4, 0.5) is 37.7 Å². The lowest BCUT2D eigenvalue weighted by Crippen LogP contribution is -2.42. The minimum atomic E-state index is -4.74. The van der Waals surface area contributed by atoms with E-state index in [0.29, 0.717) is 29.0 Å². The first-order valence-corrected chi connectivity index (χ1v) is 12.0. The molecule has 39 heavy (non-hydrogen) atoms. The number of carbonyl (C=O) groups is 1. The summed E-state index contributed by atoms with van der Waals surface area (Å²) in [6.07, 6.45) is -3.32. The molecule has 4 aromatic rings. The lowest BCUT2D eigenvalue weighted by molar-refractivity contribution is -0.137. The number of nitrogens with one attached hydrogen (secondary N) is 1. The number of aromatic nitrogens is 1. The fourth-order valence-electron chi connectivity index (χ4n) is 5.36. The Morgan fingerprint density at radius 3 is 2.44 bits per heavy atom. The normalized spacial score (nSPS) is 15.8. The van der Waals surface area contributed by atoms with Crippen molar-refractivity contribution >= 4 is 28.1 Å². The van der Waals surface area contributed by atoms with Gasteiger partial charge in [0.15, 0.2) is 29.0 Å². The predicted molar refractivity (Wildman–Crippen MR) is 134 cm³/mol. The van der Waals surface area contributed by atoms with E-state index in [1.54, 1.807) is 22.6 Å². The van der Waals surface area contributed by atoms with Crippen molar-refractivity contribution in [2.24, 2.45) is 0 Å². The maximum atomic E-state index is 14.6. The quantitative estimate of drug-likeness (QED) is 0.168. The molecule has 11 heteroatoms. The topological polar surface area (TPSA) is 46.5 Å². The van der Waals surface area contributed by atoms with E-state index in [2.05, 4.69) is 5.32 Å². The highest BCUT2D eigenvalue weighted by Crippen LogP contribution is 2.55. The summed E-state index contributed by atoms with van der Waals surface area (Å²) >= 11 is 0. The maximum absolute atomic E-state index is 14.6. The van der Waals surface area contributed by atoms with Gasteiger partial charge in [-0.05, 0) is 32.0 Å². The first-order valence-electron chi connectivity index (χ1n) is 12.0. The van der Waals surface area contributed by atoms with Gasteiger partial charge in [-0.1, -0.05) is 18.2 Å². The molecule has 0 radical (unpaired) electrons.